The second-order valence-electron chi connectivity index (χ2n) is 5.66. The molecule has 1 saturated heterocycles. The van der Waals surface area contributed by atoms with Crippen LogP contribution in [0.3, 0.4) is 0 Å². The lowest BCUT2D eigenvalue weighted by molar-refractivity contribution is -0.138. The molecule has 1 N–H and O–H groups in total. The van der Waals surface area contributed by atoms with Gasteiger partial charge in [-0.3, -0.25) is 9.59 Å². The van der Waals surface area contributed by atoms with Crippen molar-refractivity contribution < 1.29 is 14.7 Å². The summed E-state index contributed by atoms with van der Waals surface area (Å²) in [5.41, 5.74) is 2.97. The molecule has 0 aliphatic carbocycles. The lowest BCUT2D eigenvalue weighted by Gasteiger charge is -2.32. The minimum Gasteiger partial charge on any atom is -0.481 e. The van der Waals surface area contributed by atoms with Crippen LogP contribution < -0.4 is 0 Å². The quantitative estimate of drug-likeness (QED) is 0.922. The molecular formula is C16H21NO3. The summed E-state index contributed by atoms with van der Waals surface area (Å²) in [5, 5.41) is 8.87. The summed E-state index contributed by atoms with van der Waals surface area (Å²) in [4.78, 5) is 25.1. The Morgan fingerprint density at radius 2 is 2.05 bits per heavy atom. The lowest BCUT2D eigenvalue weighted by atomic mass is 9.94. The third-order valence-electron chi connectivity index (χ3n) is 4.02. The van der Waals surface area contributed by atoms with E-state index in [1.54, 1.807) is 4.90 Å². The summed E-state index contributed by atoms with van der Waals surface area (Å²) < 4.78 is 0. The van der Waals surface area contributed by atoms with Crippen molar-refractivity contribution >= 4 is 11.9 Å². The first kappa shape index (κ1) is 14.6. The maximum absolute atomic E-state index is 12.5. The van der Waals surface area contributed by atoms with Gasteiger partial charge in [-0.1, -0.05) is 6.07 Å². The fourth-order valence-corrected chi connectivity index (χ4v) is 2.72. The van der Waals surface area contributed by atoms with E-state index < -0.39 is 5.97 Å². The van der Waals surface area contributed by atoms with Crippen LogP contribution in [0.2, 0.25) is 0 Å². The number of amides is 1. The van der Waals surface area contributed by atoms with Gasteiger partial charge in [-0.05, 0) is 55.9 Å². The molecule has 0 spiro atoms. The van der Waals surface area contributed by atoms with Gasteiger partial charge in [0.15, 0.2) is 0 Å². The van der Waals surface area contributed by atoms with E-state index in [0.29, 0.717) is 12.1 Å². The molecule has 108 valence electrons. The number of hydrogen-bond donors (Lipinski definition) is 1. The summed E-state index contributed by atoms with van der Waals surface area (Å²) in [7, 11) is 0. The minimum absolute atomic E-state index is 0.0168. The van der Waals surface area contributed by atoms with E-state index in [1.807, 2.05) is 32.0 Å². The average Bonchev–Trinajstić information content (AvgIpc) is 2.40. The summed E-state index contributed by atoms with van der Waals surface area (Å²) in [6.45, 7) is 5.29. The van der Waals surface area contributed by atoms with Crippen molar-refractivity contribution in [1.82, 2.24) is 4.90 Å². The molecule has 1 fully saturated rings. The third-order valence-corrected chi connectivity index (χ3v) is 4.02. The van der Waals surface area contributed by atoms with E-state index in [0.717, 1.165) is 24.9 Å². The molecule has 1 heterocycles. The molecule has 1 aromatic rings. The number of carboxylic acid groups (broad SMARTS) is 1. The Balaban J connectivity index is 2.08. The van der Waals surface area contributed by atoms with E-state index in [2.05, 4.69) is 0 Å². The Morgan fingerprint density at radius 1 is 1.30 bits per heavy atom. The van der Waals surface area contributed by atoms with Crippen LogP contribution in [0.15, 0.2) is 18.2 Å². The molecular weight excluding hydrogens is 254 g/mol. The first-order valence-electron chi connectivity index (χ1n) is 7.05. The Hall–Kier alpha value is -1.84. The van der Waals surface area contributed by atoms with Crippen molar-refractivity contribution in [3.8, 4) is 0 Å². The maximum atomic E-state index is 12.5. The molecule has 0 bridgehead atoms. The van der Waals surface area contributed by atoms with E-state index in [1.165, 1.54) is 5.56 Å². The van der Waals surface area contributed by atoms with Crippen LogP contribution in [0.4, 0.5) is 0 Å². The fraction of sp³-hybridized carbons (Fsp3) is 0.500. The highest BCUT2D eigenvalue weighted by Gasteiger charge is 2.25. The van der Waals surface area contributed by atoms with Crippen molar-refractivity contribution in [2.45, 2.75) is 33.1 Å². The van der Waals surface area contributed by atoms with Crippen LogP contribution in [-0.2, 0) is 4.79 Å². The number of benzene rings is 1. The van der Waals surface area contributed by atoms with Gasteiger partial charge in [-0.2, -0.15) is 0 Å². The number of piperidine rings is 1. The van der Waals surface area contributed by atoms with Crippen molar-refractivity contribution in [3.05, 3.63) is 34.9 Å². The molecule has 1 aliphatic heterocycles. The Morgan fingerprint density at radius 3 is 2.70 bits per heavy atom. The molecule has 0 radical (unpaired) electrons. The van der Waals surface area contributed by atoms with Crippen molar-refractivity contribution in [2.75, 3.05) is 13.1 Å². The topological polar surface area (TPSA) is 57.6 Å². The Bertz CT molecular complexity index is 524. The summed E-state index contributed by atoms with van der Waals surface area (Å²) in [6, 6.07) is 5.73. The van der Waals surface area contributed by atoms with Crippen molar-refractivity contribution in [2.24, 2.45) is 5.92 Å². The number of carbonyl (C=O) groups is 2. The first-order chi connectivity index (χ1) is 9.47. The zero-order valence-corrected chi connectivity index (χ0v) is 12.1. The molecule has 1 aliphatic rings. The van der Waals surface area contributed by atoms with Crippen LogP contribution in [0.1, 0.15) is 40.7 Å². The molecule has 2 rings (SSSR count). The number of carboxylic acids is 1. The van der Waals surface area contributed by atoms with Gasteiger partial charge in [0, 0.05) is 25.1 Å². The molecule has 4 nitrogen and oxygen atoms in total. The predicted molar refractivity (Wildman–Crippen MR) is 76.8 cm³/mol. The van der Waals surface area contributed by atoms with E-state index in [9.17, 15) is 9.59 Å². The smallest absolute Gasteiger partial charge is 0.303 e. The van der Waals surface area contributed by atoms with Gasteiger partial charge in [0.1, 0.15) is 0 Å². The van der Waals surface area contributed by atoms with Gasteiger partial charge in [0.2, 0.25) is 0 Å². The highest BCUT2D eigenvalue weighted by molar-refractivity contribution is 5.94. The Labute approximate surface area is 119 Å². The van der Waals surface area contributed by atoms with Gasteiger partial charge < -0.3 is 10.0 Å². The molecule has 1 aromatic carbocycles. The highest BCUT2D eigenvalue weighted by Crippen LogP contribution is 2.22. The Kier molecular flexibility index (Phi) is 4.42. The van der Waals surface area contributed by atoms with Gasteiger partial charge in [-0.15, -0.1) is 0 Å². The van der Waals surface area contributed by atoms with Crippen LogP contribution in [0, 0.1) is 19.8 Å². The number of carbonyl (C=O) groups excluding carboxylic acids is 1. The lowest BCUT2D eigenvalue weighted by Crippen LogP contribution is -2.40. The predicted octanol–water partition coefficient (Wildman–Crippen LogP) is 2.63. The standard InChI is InChI=1S/C16H21NO3/c1-11-5-6-14(8-12(11)2)16(20)17-7-3-4-13(10-17)9-15(18)19/h5-6,8,13H,3-4,7,9-10H2,1-2H3,(H,18,19). The minimum atomic E-state index is -0.782. The van der Waals surface area contributed by atoms with E-state index in [4.69, 9.17) is 5.11 Å². The highest BCUT2D eigenvalue weighted by atomic mass is 16.4. The average molecular weight is 275 g/mol. The summed E-state index contributed by atoms with van der Waals surface area (Å²) in [5.74, 6) is -0.685. The van der Waals surface area contributed by atoms with Crippen molar-refractivity contribution in [1.29, 1.82) is 0 Å². The van der Waals surface area contributed by atoms with Gasteiger partial charge >= 0.3 is 5.97 Å². The van der Waals surface area contributed by atoms with Gasteiger partial charge in [-0.25, -0.2) is 0 Å². The van der Waals surface area contributed by atoms with E-state index >= 15 is 0 Å². The molecule has 1 amide bonds. The maximum Gasteiger partial charge on any atom is 0.303 e. The number of nitrogens with zero attached hydrogens (tertiary/aromatic N) is 1. The van der Waals surface area contributed by atoms with Gasteiger partial charge in [0.05, 0.1) is 0 Å². The summed E-state index contributed by atoms with van der Waals surface area (Å²) in [6.07, 6.45) is 1.92. The number of rotatable bonds is 3. The molecule has 0 saturated carbocycles. The first-order valence-corrected chi connectivity index (χ1v) is 7.05. The molecule has 1 unspecified atom stereocenters. The van der Waals surface area contributed by atoms with Crippen LogP contribution in [-0.4, -0.2) is 35.0 Å². The largest absolute Gasteiger partial charge is 0.481 e. The third kappa shape index (κ3) is 3.38. The summed E-state index contributed by atoms with van der Waals surface area (Å²) >= 11 is 0. The number of aryl methyl sites for hydroxylation is 2. The van der Waals surface area contributed by atoms with Crippen molar-refractivity contribution in [3.63, 3.8) is 0 Å². The second kappa shape index (κ2) is 6.07. The van der Waals surface area contributed by atoms with E-state index in [-0.39, 0.29) is 18.2 Å². The molecule has 0 aromatic heterocycles. The molecule has 20 heavy (non-hydrogen) atoms. The van der Waals surface area contributed by atoms with Crippen LogP contribution in [0.25, 0.3) is 0 Å². The second-order valence-corrected chi connectivity index (χ2v) is 5.66. The normalized spacial score (nSPS) is 18.9. The van der Waals surface area contributed by atoms with Crippen LogP contribution in [0.5, 0.6) is 0 Å². The zero-order chi connectivity index (χ0) is 14.7. The van der Waals surface area contributed by atoms with Crippen LogP contribution >= 0.6 is 0 Å². The number of likely N-dealkylation sites (tertiary alicyclic amines) is 1. The fourth-order valence-electron chi connectivity index (χ4n) is 2.72. The van der Waals surface area contributed by atoms with Gasteiger partial charge in [0.25, 0.3) is 5.91 Å². The number of aliphatic carboxylic acids is 1. The number of hydrogen-bond acceptors (Lipinski definition) is 2. The zero-order valence-electron chi connectivity index (χ0n) is 12.1. The molecule has 4 heteroatoms. The monoisotopic (exact) mass is 275 g/mol. The SMILES string of the molecule is Cc1ccc(C(=O)N2CCCC(CC(=O)O)C2)cc1C. The molecule has 1 atom stereocenters.